The molecule has 35 heavy (non-hydrogen) atoms. The highest BCUT2D eigenvalue weighted by Crippen LogP contribution is 2.61. The van der Waals surface area contributed by atoms with E-state index < -0.39 is 5.91 Å². The molecule has 6 saturated carbocycles. The number of nitrogens with zero attached hydrogens (tertiary/aromatic N) is 2. The average Bonchev–Trinajstić information content (AvgIpc) is 3.00. The summed E-state index contributed by atoms with van der Waals surface area (Å²) in [5, 5.41) is 2.92. The van der Waals surface area contributed by atoms with Crippen LogP contribution in [0, 0.1) is 28.6 Å². The summed E-state index contributed by atoms with van der Waals surface area (Å²) in [7, 11) is 0. The number of hydrogen-bond acceptors (Lipinski definition) is 5. The van der Waals surface area contributed by atoms with Crippen LogP contribution in [0.15, 0.2) is 30.1 Å². The molecule has 0 aromatic carbocycles. The number of ether oxygens (including phenoxy) is 1. The number of imide groups is 1. The zero-order valence-corrected chi connectivity index (χ0v) is 19.9. The van der Waals surface area contributed by atoms with E-state index >= 15 is 0 Å². The van der Waals surface area contributed by atoms with Gasteiger partial charge in [0.1, 0.15) is 17.4 Å². The molecular weight excluding hydrogens is 444 g/mol. The summed E-state index contributed by atoms with van der Waals surface area (Å²) < 4.78 is 5.95. The molecule has 8 heteroatoms. The summed E-state index contributed by atoms with van der Waals surface area (Å²) in [4.78, 5) is 43.3. The normalized spacial score (nSPS) is 42.2. The number of amides is 4. The molecule has 184 valence electrons. The minimum atomic E-state index is -0.554. The first-order chi connectivity index (χ1) is 16.8. The van der Waals surface area contributed by atoms with Gasteiger partial charge in [0, 0.05) is 12.2 Å². The predicted molar refractivity (Wildman–Crippen MR) is 126 cm³/mol. The topological polar surface area (TPSA) is 115 Å². The molecule has 7 aliphatic rings. The first-order valence-corrected chi connectivity index (χ1v) is 13.1. The number of allylic oxidation sites excluding steroid dienone is 1. The molecule has 7 fully saturated rings. The Morgan fingerprint density at radius 1 is 1.06 bits per heavy atom. The fourth-order valence-electron chi connectivity index (χ4n) is 8.82. The molecule has 3 N–H and O–H groups in total. The average molecular weight is 477 g/mol. The number of urea groups is 1. The van der Waals surface area contributed by atoms with Gasteiger partial charge in [-0.15, -0.1) is 0 Å². The standard InChI is InChI=1S/C27H32N4O4/c28-22(32)20-2-1-3-29-23(20)35-19-12-27(13-19)10-18(11-27)31-24(33)21(30-25(31)34)14-26-7-15-4-16(8-26)6-17(5-15)9-26/h1-3,14-19H,4-13H2,(H2,28,32)(H,30,34)/b21-14-. The summed E-state index contributed by atoms with van der Waals surface area (Å²) in [5.74, 6) is 1.98. The summed E-state index contributed by atoms with van der Waals surface area (Å²) in [6, 6.07) is 2.96. The molecule has 0 radical (unpaired) electrons. The number of primary amides is 1. The molecule has 2 heterocycles. The van der Waals surface area contributed by atoms with Crippen LogP contribution in [-0.4, -0.2) is 39.9 Å². The fourth-order valence-corrected chi connectivity index (χ4v) is 8.82. The van der Waals surface area contributed by atoms with Gasteiger partial charge in [0.2, 0.25) is 5.88 Å². The van der Waals surface area contributed by atoms with Gasteiger partial charge in [-0.1, -0.05) is 0 Å². The Kier molecular flexibility index (Phi) is 4.46. The SMILES string of the molecule is NC(=O)c1cccnc1OC1CC2(C1)CC(N1C(=O)N/C(=C\C34CC5CC(CC(C5)C3)C4)C1=O)C2. The number of rotatable bonds is 5. The number of hydrogen-bond donors (Lipinski definition) is 2. The van der Waals surface area contributed by atoms with Crippen LogP contribution in [-0.2, 0) is 4.79 Å². The highest BCUT2D eigenvalue weighted by Gasteiger charge is 2.58. The number of pyridine rings is 1. The van der Waals surface area contributed by atoms with Crippen LogP contribution < -0.4 is 15.8 Å². The smallest absolute Gasteiger partial charge is 0.329 e. The number of carbonyl (C=O) groups excluding carboxylic acids is 3. The molecule has 1 aromatic heterocycles. The summed E-state index contributed by atoms with van der Waals surface area (Å²) in [6.45, 7) is 0. The Morgan fingerprint density at radius 3 is 2.34 bits per heavy atom. The third-order valence-electron chi connectivity index (χ3n) is 9.78. The van der Waals surface area contributed by atoms with Gasteiger partial charge in [0.05, 0.1) is 0 Å². The van der Waals surface area contributed by atoms with Crippen molar-refractivity contribution in [3.63, 3.8) is 0 Å². The van der Waals surface area contributed by atoms with Crippen LogP contribution in [0.2, 0.25) is 0 Å². The van der Waals surface area contributed by atoms with Crippen molar-refractivity contribution in [1.29, 1.82) is 0 Å². The van der Waals surface area contributed by atoms with Gasteiger partial charge in [0.15, 0.2) is 0 Å². The zero-order valence-electron chi connectivity index (χ0n) is 19.9. The molecule has 6 aliphatic carbocycles. The first kappa shape index (κ1) is 21.4. The van der Waals surface area contributed by atoms with Crippen molar-refractivity contribution < 1.29 is 19.1 Å². The van der Waals surface area contributed by atoms with Gasteiger partial charge in [0.25, 0.3) is 11.8 Å². The molecule has 8 rings (SSSR count). The maximum atomic E-state index is 13.3. The Hall–Kier alpha value is -2.90. The number of nitrogens with two attached hydrogens (primary N) is 1. The Labute approximate surface area is 204 Å². The van der Waals surface area contributed by atoms with E-state index in [0.29, 0.717) is 5.70 Å². The molecule has 0 unspecified atom stereocenters. The second-order valence-corrected chi connectivity index (χ2v) is 12.4. The summed E-state index contributed by atoms with van der Waals surface area (Å²) in [6.07, 6.45) is 14.6. The maximum Gasteiger partial charge on any atom is 0.329 e. The predicted octanol–water partition coefficient (Wildman–Crippen LogP) is 3.52. The van der Waals surface area contributed by atoms with E-state index in [0.717, 1.165) is 43.4 Å². The van der Waals surface area contributed by atoms with E-state index in [9.17, 15) is 14.4 Å². The highest BCUT2D eigenvalue weighted by atomic mass is 16.5. The molecular formula is C27H32N4O4. The Bertz CT molecular complexity index is 1110. The van der Waals surface area contributed by atoms with Crippen molar-refractivity contribution in [2.24, 2.45) is 34.3 Å². The Balaban J connectivity index is 0.985. The number of carbonyl (C=O) groups is 3. The monoisotopic (exact) mass is 476 g/mol. The fraction of sp³-hybridized carbons (Fsp3) is 0.630. The first-order valence-electron chi connectivity index (χ1n) is 13.1. The second kappa shape index (κ2) is 7.31. The lowest BCUT2D eigenvalue weighted by molar-refractivity contribution is -0.137. The van der Waals surface area contributed by atoms with Gasteiger partial charge >= 0.3 is 6.03 Å². The van der Waals surface area contributed by atoms with Crippen molar-refractivity contribution in [3.05, 3.63) is 35.7 Å². The van der Waals surface area contributed by atoms with E-state index in [1.807, 2.05) is 0 Å². The van der Waals surface area contributed by atoms with Crippen LogP contribution >= 0.6 is 0 Å². The number of aromatic nitrogens is 1. The van der Waals surface area contributed by atoms with E-state index in [2.05, 4.69) is 16.4 Å². The van der Waals surface area contributed by atoms with Gasteiger partial charge in [-0.3, -0.25) is 14.5 Å². The highest BCUT2D eigenvalue weighted by molar-refractivity contribution is 6.12. The van der Waals surface area contributed by atoms with Gasteiger partial charge in [-0.25, -0.2) is 9.78 Å². The van der Waals surface area contributed by atoms with E-state index in [1.165, 1.54) is 43.4 Å². The van der Waals surface area contributed by atoms with Crippen molar-refractivity contribution in [2.75, 3.05) is 0 Å². The van der Waals surface area contributed by atoms with Crippen molar-refractivity contribution in [1.82, 2.24) is 15.2 Å². The van der Waals surface area contributed by atoms with Crippen LogP contribution in [0.5, 0.6) is 5.88 Å². The molecule has 0 atom stereocenters. The minimum absolute atomic E-state index is 0.0291. The maximum absolute atomic E-state index is 13.3. The van der Waals surface area contributed by atoms with E-state index in [1.54, 1.807) is 18.3 Å². The van der Waals surface area contributed by atoms with Crippen molar-refractivity contribution in [3.8, 4) is 5.88 Å². The van der Waals surface area contributed by atoms with Crippen LogP contribution in [0.3, 0.4) is 0 Å². The number of nitrogens with one attached hydrogen (secondary N) is 1. The van der Waals surface area contributed by atoms with Crippen molar-refractivity contribution >= 4 is 17.8 Å². The second-order valence-electron chi connectivity index (χ2n) is 12.4. The molecule has 8 nitrogen and oxygen atoms in total. The quantitative estimate of drug-likeness (QED) is 0.498. The molecule has 4 amide bonds. The molecule has 1 spiro atoms. The lowest BCUT2D eigenvalue weighted by atomic mass is 9.49. The Morgan fingerprint density at radius 2 is 1.71 bits per heavy atom. The molecule has 4 bridgehead atoms. The lowest BCUT2D eigenvalue weighted by Crippen LogP contribution is -2.60. The van der Waals surface area contributed by atoms with E-state index in [4.69, 9.17) is 10.5 Å². The van der Waals surface area contributed by atoms with Gasteiger partial charge in [-0.05, 0) is 111 Å². The van der Waals surface area contributed by atoms with Crippen LogP contribution in [0.25, 0.3) is 0 Å². The lowest BCUT2D eigenvalue weighted by Gasteiger charge is -2.58. The van der Waals surface area contributed by atoms with Gasteiger partial charge in [-0.2, -0.15) is 0 Å². The van der Waals surface area contributed by atoms with Crippen molar-refractivity contribution in [2.45, 2.75) is 76.4 Å². The minimum Gasteiger partial charge on any atom is -0.474 e. The van der Waals surface area contributed by atoms with E-state index in [-0.39, 0.29) is 46.4 Å². The summed E-state index contributed by atoms with van der Waals surface area (Å²) >= 11 is 0. The molecule has 1 aromatic rings. The zero-order chi connectivity index (χ0) is 23.9. The molecule has 1 aliphatic heterocycles. The molecule has 1 saturated heterocycles. The third-order valence-corrected chi connectivity index (χ3v) is 9.78. The summed E-state index contributed by atoms with van der Waals surface area (Å²) in [5.41, 5.74) is 6.44. The van der Waals surface area contributed by atoms with Crippen LogP contribution in [0.1, 0.15) is 74.6 Å². The third kappa shape index (κ3) is 3.39. The van der Waals surface area contributed by atoms with Crippen LogP contribution in [0.4, 0.5) is 4.79 Å². The largest absolute Gasteiger partial charge is 0.474 e. The van der Waals surface area contributed by atoms with Gasteiger partial charge < -0.3 is 15.8 Å².